The van der Waals surface area contributed by atoms with E-state index in [0.29, 0.717) is 30.2 Å². The SMILES string of the molecule is Cc1c([C@H]2c3nc[nH]c3CCN2C(=O)CC2CC2)oc2ccc(F)cc12. The van der Waals surface area contributed by atoms with Crippen molar-refractivity contribution in [2.24, 2.45) is 5.92 Å². The third-order valence-corrected chi connectivity index (χ3v) is 5.59. The van der Waals surface area contributed by atoms with Gasteiger partial charge >= 0.3 is 0 Å². The Morgan fingerprint density at radius 3 is 3.08 bits per heavy atom. The largest absolute Gasteiger partial charge is 0.458 e. The Morgan fingerprint density at radius 1 is 1.42 bits per heavy atom. The number of furan rings is 1. The molecule has 1 N–H and O–H groups in total. The average Bonchev–Trinajstić information content (AvgIpc) is 3.21. The maximum Gasteiger partial charge on any atom is 0.223 e. The summed E-state index contributed by atoms with van der Waals surface area (Å²) in [5.41, 5.74) is 3.38. The second kappa shape index (κ2) is 5.69. The molecule has 1 aromatic carbocycles. The van der Waals surface area contributed by atoms with Crippen LogP contribution in [0.25, 0.3) is 11.0 Å². The predicted molar refractivity (Wildman–Crippen MR) is 94.1 cm³/mol. The van der Waals surface area contributed by atoms with Gasteiger partial charge in [0.2, 0.25) is 5.91 Å². The van der Waals surface area contributed by atoms with Crippen LogP contribution in [0.5, 0.6) is 0 Å². The Hall–Kier alpha value is -2.63. The van der Waals surface area contributed by atoms with Gasteiger partial charge in [-0.1, -0.05) is 0 Å². The molecule has 0 bridgehead atoms. The first kappa shape index (κ1) is 15.6. The molecule has 3 heterocycles. The highest BCUT2D eigenvalue weighted by molar-refractivity contribution is 5.83. The molecule has 0 unspecified atom stereocenters. The Bertz CT molecular complexity index is 1000. The molecule has 2 aromatic heterocycles. The van der Waals surface area contributed by atoms with Crippen LogP contribution in [-0.4, -0.2) is 27.3 Å². The van der Waals surface area contributed by atoms with Crippen molar-refractivity contribution >= 4 is 16.9 Å². The van der Waals surface area contributed by atoms with Crippen LogP contribution in [0.4, 0.5) is 4.39 Å². The van der Waals surface area contributed by atoms with E-state index < -0.39 is 0 Å². The van der Waals surface area contributed by atoms with E-state index in [0.717, 1.165) is 41.6 Å². The number of hydrogen-bond donors (Lipinski definition) is 1. The third-order valence-electron chi connectivity index (χ3n) is 5.59. The van der Waals surface area contributed by atoms with E-state index in [1.54, 1.807) is 12.4 Å². The molecule has 3 aromatic rings. The molecular weight excluding hydrogens is 333 g/mol. The topological polar surface area (TPSA) is 62.1 Å². The van der Waals surface area contributed by atoms with E-state index in [2.05, 4.69) is 9.97 Å². The summed E-state index contributed by atoms with van der Waals surface area (Å²) in [5.74, 6) is 1.06. The van der Waals surface area contributed by atoms with Crippen molar-refractivity contribution in [1.82, 2.24) is 14.9 Å². The van der Waals surface area contributed by atoms with Gasteiger partial charge in [-0.25, -0.2) is 9.37 Å². The summed E-state index contributed by atoms with van der Waals surface area (Å²) < 4.78 is 19.8. The lowest BCUT2D eigenvalue weighted by molar-refractivity contribution is -0.134. The number of H-pyrrole nitrogens is 1. The monoisotopic (exact) mass is 353 g/mol. The molecule has 1 amide bonds. The van der Waals surface area contributed by atoms with Gasteiger partial charge in [0.25, 0.3) is 0 Å². The maximum atomic E-state index is 13.7. The quantitative estimate of drug-likeness (QED) is 0.777. The van der Waals surface area contributed by atoms with Gasteiger partial charge in [0.1, 0.15) is 23.2 Å². The Kier molecular flexibility index (Phi) is 3.42. The lowest BCUT2D eigenvalue weighted by Crippen LogP contribution is -2.41. The van der Waals surface area contributed by atoms with Crippen LogP contribution in [0.1, 0.15) is 48.0 Å². The number of halogens is 1. The zero-order valence-electron chi connectivity index (χ0n) is 14.6. The minimum atomic E-state index is -0.355. The molecule has 0 radical (unpaired) electrons. The normalized spacial score (nSPS) is 19.8. The number of nitrogens with one attached hydrogen (secondary N) is 1. The fourth-order valence-corrected chi connectivity index (χ4v) is 3.97. The molecule has 1 aliphatic carbocycles. The van der Waals surface area contributed by atoms with Crippen molar-refractivity contribution in [2.75, 3.05) is 6.54 Å². The van der Waals surface area contributed by atoms with E-state index in [1.807, 2.05) is 11.8 Å². The van der Waals surface area contributed by atoms with Gasteiger partial charge in [-0.3, -0.25) is 4.79 Å². The van der Waals surface area contributed by atoms with E-state index >= 15 is 0 Å². The van der Waals surface area contributed by atoms with E-state index in [9.17, 15) is 9.18 Å². The molecule has 5 nitrogen and oxygen atoms in total. The van der Waals surface area contributed by atoms with Crippen molar-refractivity contribution in [2.45, 2.75) is 38.6 Å². The number of carbonyl (C=O) groups excluding carboxylic acids is 1. The van der Waals surface area contributed by atoms with Crippen molar-refractivity contribution < 1.29 is 13.6 Å². The minimum Gasteiger partial charge on any atom is -0.458 e. The molecule has 0 saturated heterocycles. The highest BCUT2D eigenvalue weighted by Gasteiger charge is 2.39. The van der Waals surface area contributed by atoms with Gasteiger partial charge in [0, 0.05) is 36.0 Å². The number of amides is 1. The Balaban J connectivity index is 1.63. The molecular formula is C20H20FN3O2. The lowest BCUT2D eigenvalue weighted by atomic mass is 9.97. The summed E-state index contributed by atoms with van der Waals surface area (Å²) in [4.78, 5) is 22.5. The number of hydrogen-bond acceptors (Lipinski definition) is 3. The molecule has 1 fully saturated rings. The first-order valence-electron chi connectivity index (χ1n) is 9.12. The van der Waals surface area contributed by atoms with Gasteiger partial charge in [-0.15, -0.1) is 0 Å². The van der Waals surface area contributed by atoms with Crippen molar-refractivity contribution in [3.63, 3.8) is 0 Å². The Labute approximate surface area is 150 Å². The lowest BCUT2D eigenvalue weighted by Gasteiger charge is -2.34. The van der Waals surface area contributed by atoms with E-state index in [1.165, 1.54) is 12.1 Å². The number of rotatable bonds is 3. The fourth-order valence-electron chi connectivity index (χ4n) is 3.97. The van der Waals surface area contributed by atoms with Crippen LogP contribution in [0.15, 0.2) is 28.9 Å². The number of imidazole rings is 1. The number of carbonyl (C=O) groups is 1. The van der Waals surface area contributed by atoms with Crippen LogP contribution >= 0.6 is 0 Å². The zero-order valence-corrected chi connectivity index (χ0v) is 14.6. The second-order valence-corrected chi connectivity index (χ2v) is 7.39. The smallest absolute Gasteiger partial charge is 0.223 e. The number of aromatic amines is 1. The standard InChI is InChI=1S/C20H20FN3O2/c1-11-14-9-13(21)4-5-16(14)26-20(11)19-18-15(22-10-23-18)6-7-24(19)17(25)8-12-2-3-12/h4-5,9-10,12,19H,2-3,6-8H2,1H3,(H,22,23)/t19-/m1/s1. The molecule has 1 aliphatic heterocycles. The predicted octanol–water partition coefficient (Wildman–Crippen LogP) is 3.88. The second-order valence-electron chi connectivity index (χ2n) is 7.39. The first-order valence-corrected chi connectivity index (χ1v) is 9.12. The maximum absolute atomic E-state index is 13.7. The molecule has 5 rings (SSSR count). The van der Waals surface area contributed by atoms with Crippen LogP contribution in [0, 0.1) is 18.7 Å². The van der Waals surface area contributed by atoms with E-state index in [-0.39, 0.29) is 17.8 Å². The van der Waals surface area contributed by atoms with Gasteiger partial charge in [-0.05, 0) is 43.9 Å². The summed E-state index contributed by atoms with van der Waals surface area (Å²) in [7, 11) is 0. The summed E-state index contributed by atoms with van der Waals surface area (Å²) in [5, 5.41) is 0.747. The average molecular weight is 353 g/mol. The van der Waals surface area contributed by atoms with Crippen LogP contribution in [0.2, 0.25) is 0 Å². The number of benzene rings is 1. The number of aromatic nitrogens is 2. The molecule has 134 valence electrons. The summed E-state index contributed by atoms with van der Waals surface area (Å²) >= 11 is 0. The molecule has 1 atom stereocenters. The van der Waals surface area contributed by atoms with Crippen LogP contribution in [-0.2, 0) is 11.2 Å². The summed E-state index contributed by atoms with van der Waals surface area (Å²) in [6, 6.07) is 4.17. The molecule has 1 saturated carbocycles. The molecule has 2 aliphatic rings. The molecule has 6 heteroatoms. The van der Waals surface area contributed by atoms with Crippen molar-refractivity contribution in [3.05, 3.63) is 53.1 Å². The first-order chi connectivity index (χ1) is 12.6. The summed E-state index contributed by atoms with van der Waals surface area (Å²) in [6.45, 7) is 2.56. The zero-order chi connectivity index (χ0) is 17.8. The third kappa shape index (κ3) is 2.43. The number of aryl methyl sites for hydroxylation is 1. The van der Waals surface area contributed by atoms with Crippen molar-refractivity contribution in [1.29, 1.82) is 0 Å². The molecule has 26 heavy (non-hydrogen) atoms. The van der Waals surface area contributed by atoms with Crippen molar-refractivity contribution in [3.8, 4) is 0 Å². The van der Waals surface area contributed by atoms with Gasteiger partial charge in [0.05, 0.1) is 12.0 Å². The van der Waals surface area contributed by atoms with E-state index in [4.69, 9.17) is 4.42 Å². The van der Waals surface area contributed by atoms with Gasteiger partial charge in [0.15, 0.2) is 0 Å². The van der Waals surface area contributed by atoms with Gasteiger partial charge in [-0.2, -0.15) is 0 Å². The minimum absolute atomic E-state index is 0.150. The fraction of sp³-hybridized carbons (Fsp3) is 0.400. The molecule has 0 spiro atoms. The summed E-state index contributed by atoms with van der Waals surface area (Å²) in [6.07, 6.45) is 5.30. The van der Waals surface area contributed by atoms with Crippen LogP contribution < -0.4 is 0 Å². The van der Waals surface area contributed by atoms with Gasteiger partial charge < -0.3 is 14.3 Å². The highest BCUT2D eigenvalue weighted by atomic mass is 19.1. The Morgan fingerprint density at radius 2 is 2.27 bits per heavy atom. The number of fused-ring (bicyclic) bond motifs is 2. The van der Waals surface area contributed by atoms with Crippen LogP contribution in [0.3, 0.4) is 0 Å². The highest BCUT2D eigenvalue weighted by Crippen LogP contribution is 2.41. The number of nitrogens with zero attached hydrogens (tertiary/aromatic N) is 2.